The van der Waals surface area contributed by atoms with Crippen LogP contribution in [0.1, 0.15) is 56.4 Å². The minimum absolute atomic E-state index is 0. The Morgan fingerprint density at radius 3 is 0.864 bits per heavy atom. The summed E-state index contributed by atoms with van der Waals surface area (Å²) in [6, 6.07) is 0. The molecule has 4 nitrogen and oxygen atoms in total. The van der Waals surface area contributed by atoms with Gasteiger partial charge in [0, 0.05) is 13.3 Å². The molecular formula is C18H52N4. The monoisotopic (exact) mass is 324 g/mol. The Kier molecular flexibility index (Phi) is 44.3. The molecule has 0 amide bonds. The molecule has 0 aliphatic carbocycles. The number of hydrogen-bond donors (Lipinski definition) is 0. The summed E-state index contributed by atoms with van der Waals surface area (Å²) in [6.07, 6.45) is 2.48. The molecule has 0 aromatic heterocycles. The van der Waals surface area contributed by atoms with E-state index >= 15 is 0 Å². The second kappa shape index (κ2) is 25.8. The Balaban J connectivity index is -0.0000000492. The van der Waals surface area contributed by atoms with Crippen LogP contribution in [0.25, 0.3) is 0 Å². The fourth-order valence-electron chi connectivity index (χ4n) is 1.87. The maximum atomic E-state index is 2.31. The van der Waals surface area contributed by atoms with Crippen LogP contribution in [0.2, 0.25) is 0 Å². The normalized spacial score (nSPS) is 9.27. The molecule has 0 aliphatic rings. The average Bonchev–Trinajstić information content (AvgIpc) is 2.16. The number of rotatable bonds is 8. The highest BCUT2D eigenvalue weighted by Gasteiger charge is 1.95. The minimum Gasteiger partial charge on any atom is -0.297 e. The van der Waals surface area contributed by atoms with E-state index in [-0.39, 0.29) is 29.7 Å². The highest BCUT2D eigenvalue weighted by atomic mass is 15.3. The standard InChI is InChI=1S/2C7H18N2.4CH4/c2*1-5-6-9(4)7-8(2)3;;;;/h2*5-7H2,1-4H3;4*1H4. The molecule has 0 saturated carbocycles. The first-order chi connectivity index (χ1) is 8.33. The van der Waals surface area contributed by atoms with Gasteiger partial charge in [-0.1, -0.05) is 43.6 Å². The summed E-state index contributed by atoms with van der Waals surface area (Å²) in [5.41, 5.74) is 0. The molecule has 0 spiro atoms. The first-order valence-corrected chi connectivity index (χ1v) is 6.99. The third-order valence-electron chi connectivity index (χ3n) is 2.26. The van der Waals surface area contributed by atoms with Crippen LogP contribution in [0, 0.1) is 0 Å². The van der Waals surface area contributed by atoms with E-state index in [0.29, 0.717) is 0 Å². The molecule has 0 N–H and O–H groups in total. The van der Waals surface area contributed by atoms with Gasteiger partial charge in [0.1, 0.15) is 0 Å². The number of hydrogen-bond acceptors (Lipinski definition) is 4. The molecule has 22 heavy (non-hydrogen) atoms. The third-order valence-corrected chi connectivity index (χ3v) is 2.26. The molecule has 144 valence electrons. The molecule has 0 aromatic carbocycles. The van der Waals surface area contributed by atoms with Gasteiger partial charge >= 0.3 is 0 Å². The maximum absolute atomic E-state index is 2.31. The van der Waals surface area contributed by atoms with Crippen molar-refractivity contribution in [3.8, 4) is 0 Å². The van der Waals surface area contributed by atoms with Crippen molar-refractivity contribution >= 4 is 0 Å². The topological polar surface area (TPSA) is 13.0 Å². The lowest BCUT2D eigenvalue weighted by atomic mass is 10.4. The molecule has 0 atom stereocenters. The summed E-state index contributed by atoms with van der Waals surface area (Å²) in [5.74, 6) is 0. The third kappa shape index (κ3) is 36.8. The summed E-state index contributed by atoms with van der Waals surface area (Å²) in [5, 5.41) is 0. The van der Waals surface area contributed by atoms with E-state index in [1.807, 2.05) is 0 Å². The van der Waals surface area contributed by atoms with E-state index in [4.69, 9.17) is 0 Å². The Morgan fingerprint density at radius 1 is 0.500 bits per heavy atom. The highest BCUT2D eigenvalue weighted by molar-refractivity contribution is 4.46. The summed E-state index contributed by atoms with van der Waals surface area (Å²) >= 11 is 0. The minimum atomic E-state index is 0. The van der Waals surface area contributed by atoms with Gasteiger partial charge in [-0.25, -0.2) is 0 Å². The van der Waals surface area contributed by atoms with E-state index in [1.54, 1.807) is 0 Å². The maximum Gasteiger partial charge on any atom is 0.0497 e. The molecular weight excluding hydrogens is 272 g/mol. The van der Waals surface area contributed by atoms with Crippen LogP contribution >= 0.6 is 0 Å². The Hall–Kier alpha value is -0.160. The van der Waals surface area contributed by atoms with Crippen molar-refractivity contribution < 1.29 is 0 Å². The van der Waals surface area contributed by atoms with E-state index in [0.717, 1.165) is 13.3 Å². The summed E-state index contributed by atoms with van der Waals surface area (Å²) in [4.78, 5) is 8.96. The van der Waals surface area contributed by atoms with Crippen molar-refractivity contribution in [3.63, 3.8) is 0 Å². The second-order valence-electron chi connectivity index (χ2n) is 5.60. The molecule has 0 heterocycles. The fourth-order valence-corrected chi connectivity index (χ4v) is 1.87. The van der Waals surface area contributed by atoms with Crippen molar-refractivity contribution in [2.75, 3.05) is 68.7 Å². The van der Waals surface area contributed by atoms with Gasteiger partial charge in [0.05, 0.1) is 0 Å². The lowest BCUT2D eigenvalue weighted by molar-refractivity contribution is 0.211. The zero-order chi connectivity index (χ0) is 14.6. The van der Waals surface area contributed by atoms with Crippen LogP contribution < -0.4 is 0 Å². The van der Waals surface area contributed by atoms with Crippen molar-refractivity contribution in [2.24, 2.45) is 0 Å². The van der Waals surface area contributed by atoms with Gasteiger partial charge in [0.25, 0.3) is 0 Å². The van der Waals surface area contributed by atoms with Crippen LogP contribution in [0.4, 0.5) is 0 Å². The van der Waals surface area contributed by atoms with Gasteiger partial charge in [-0.15, -0.1) is 0 Å². The Bertz CT molecular complexity index is 143. The van der Waals surface area contributed by atoms with Crippen LogP contribution in [-0.4, -0.2) is 88.3 Å². The van der Waals surface area contributed by atoms with Crippen molar-refractivity contribution in [1.82, 2.24) is 19.6 Å². The zero-order valence-corrected chi connectivity index (χ0v) is 14.0. The van der Waals surface area contributed by atoms with E-state index in [1.165, 1.54) is 25.9 Å². The molecule has 0 saturated heterocycles. The summed E-state index contributed by atoms with van der Waals surface area (Å²) < 4.78 is 0. The summed E-state index contributed by atoms with van der Waals surface area (Å²) in [6.45, 7) is 8.91. The second-order valence-corrected chi connectivity index (χ2v) is 5.60. The smallest absolute Gasteiger partial charge is 0.0497 e. The quantitative estimate of drug-likeness (QED) is 0.619. The Labute approximate surface area is 145 Å². The molecule has 4 heteroatoms. The lowest BCUT2D eigenvalue weighted by Gasteiger charge is -2.19. The predicted molar refractivity (Wildman–Crippen MR) is 110 cm³/mol. The predicted octanol–water partition coefficient (Wildman–Crippen LogP) is 4.24. The SMILES string of the molecule is C.C.C.C.CCCN(C)CN(C)C.CCCN(C)CN(C)C. The Morgan fingerprint density at radius 2 is 0.727 bits per heavy atom. The first kappa shape index (κ1) is 37.8. The zero-order valence-electron chi connectivity index (χ0n) is 14.0. The van der Waals surface area contributed by atoms with Crippen LogP contribution in [0.15, 0.2) is 0 Å². The lowest BCUT2D eigenvalue weighted by Crippen LogP contribution is -2.30. The van der Waals surface area contributed by atoms with Gasteiger partial charge in [0.15, 0.2) is 0 Å². The fraction of sp³-hybridized carbons (Fsp3) is 1.00. The van der Waals surface area contributed by atoms with Crippen LogP contribution in [0.5, 0.6) is 0 Å². The summed E-state index contributed by atoms with van der Waals surface area (Å²) in [7, 11) is 12.6. The average molecular weight is 325 g/mol. The molecule has 0 aliphatic heterocycles. The molecule has 0 radical (unpaired) electrons. The van der Waals surface area contributed by atoms with E-state index < -0.39 is 0 Å². The first-order valence-electron chi connectivity index (χ1n) is 6.99. The molecule has 0 fully saturated rings. The molecule has 0 aromatic rings. The van der Waals surface area contributed by atoms with Crippen molar-refractivity contribution in [2.45, 2.75) is 56.4 Å². The highest BCUT2D eigenvalue weighted by Crippen LogP contribution is 1.86. The van der Waals surface area contributed by atoms with Gasteiger partial charge < -0.3 is 0 Å². The van der Waals surface area contributed by atoms with Gasteiger partial charge in [-0.05, 0) is 68.2 Å². The van der Waals surface area contributed by atoms with Gasteiger partial charge in [-0.2, -0.15) is 0 Å². The number of nitrogens with zero attached hydrogens (tertiary/aromatic N) is 4. The van der Waals surface area contributed by atoms with Crippen molar-refractivity contribution in [1.29, 1.82) is 0 Å². The van der Waals surface area contributed by atoms with Crippen LogP contribution in [0.3, 0.4) is 0 Å². The van der Waals surface area contributed by atoms with Crippen molar-refractivity contribution in [3.05, 3.63) is 0 Å². The van der Waals surface area contributed by atoms with Crippen LogP contribution in [-0.2, 0) is 0 Å². The molecule has 0 bridgehead atoms. The van der Waals surface area contributed by atoms with E-state index in [2.05, 4.69) is 75.7 Å². The van der Waals surface area contributed by atoms with Gasteiger partial charge in [0.2, 0.25) is 0 Å². The molecule has 0 rings (SSSR count). The largest absolute Gasteiger partial charge is 0.297 e. The molecule has 0 unspecified atom stereocenters. The van der Waals surface area contributed by atoms with E-state index in [9.17, 15) is 0 Å². The van der Waals surface area contributed by atoms with Gasteiger partial charge in [-0.3, -0.25) is 19.6 Å².